The van der Waals surface area contributed by atoms with Crippen LogP contribution in [0.3, 0.4) is 0 Å². The number of aromatic nitrogens is 1. The summed E-state index contributed by atoms with van der Waals surface area (Å²) in [7, 11) is 0. The average Bonchev–Trinajstić information content (AvgIpc) is 2.50. The van der Waals surface area contributed by atoms with Crippen LogP contribution in [0, 0.1) is 12.7 Å². The zero-order valence-corrected chi connectivity index (χ0v) is 12.4. The quantitative estimate of drug-likeness (QED) is 0.762. The lowest BCUT2D eigenvalue weighted by molar-refractivity contribution is -0.686. The van der Waals surface area contributed by atoms with Gasteiger partial charge in [-0.3, -0.25) is 4.79 Å². The first-order valence-electron chi connectivity index (χ1n) is 7.30. The molecule has 0 bridgehead atoms. The van der Waals surface area contributed by atoms with Gasteiger partial charge >= 0.3 is 0 Å². The van der Waals surface area contributed by atoms with Crippen LogP contribution in [-0.4, -0.2) is 4.98 Å². The van der Waals surface area contributed by atoms with E-state index in [-0.39, 0.29) is 11.4 Å². The minimum atomic E-state index is -0.231. The van der Waals surface area contributed by atoms with Crippen molar-refractivity contribution in [1.82, 2.24) is 4.98 Å². The van der Waals surface area contributed by atoms with E-state index in [9.17, 15) is 9.18 Å². The molecule has 0 radical (unpaired) electrons. The van der Waals surface area contributed by atoms with Gasteiger partial charge in [-0.1, -0.05) is 23.8 Å². The Balaban J connectivity index is 1.74. The highest BCUT2D eigenvalue weighted by Crippen LogP contribution is 2.12. The topological polar surface area (TPSA) is 49.5 Å². The molecule has 0 saturated heterocycles. The molecule has 0 aliphatic rings. The third kappa shape index (κ3) is 3.23. The van der Waals surface area contributed by atoms with Gasteiger partial charge in [0.25, 0.3) is 5.56 Å². The Hall–Kier alpha value is -2.46. The molecule has 3 nitrogen and oxygen atoms in total. The number of fused-ring (bicyclic) bond motifs is 1. The minimum Gasteiger partial charge on any atom is -0.339 e. The van der Waals surface area contributed by atoms with Crippen molar-refractivity contribution in [3.8, 4) is 0 Å². The summed E-state index contributed by atoms with van der Waals surface area (Å²) in [6, 6.07) is 14.4. The van der Waals surface area contributed by atoms with E-state index in [4.69, 9.17) is 0 Å². The fourth-order valence-electron chi connectivity index (χ4n) is 2.54. The third-order valence-corrected chi connectivity index (χ3v) is 3.73. The van der Waals surface area contributed by atoms with E-state index in [1.54, 1.807) is 12.1 Å². The molecule has 0 spiro atoms. The van der Waals surface area contributed by atoms with Crippen LogP contribution in [-0.2, 0) is 13.1 Å². The predicted octanol–water partition coefficient (Wildman–Crippen LogP) is 2.24. The van der Waals surface area contributed by atoms with Crippen LogP contribution in [0.15, 0.2) is 53.3 Å². The molecule has 0 amide bonds. The van der Waals surface area contributed by atoms with Gasteiger partial charge in [-0.15, -0.1) is 0 Å². The van der Waals surface area contributed by atoms with Crippen molar-refractivity contribution in [3.05, 3.63) is 81.4 Å². The van der Waals surface area contributed by atoms with Gasteiger partial charge < -0.3 is 10.3 Å². The number of benzene rings is 2. The Morgan fingerprint density at radius 2 is 1.82 bits per heavy atom. The van der Waals surface area contributed by atoms with Gasteiger partial charge in [0, 0.05) is 11.1 Å². The monoisotopic (exact) mass is 297 g/mol. The molecule has 1 aromatic heterocycles. The summed E-state index contributed by atoms with van der Waals surface area (Å²) in [6.07, 6.45) is 0. The minimum absolute atomic E-state index is 0.0493. The molecule has 0 fully saturated rings. The Kier molecular flexibility index (Phi) is 4.02. The Bertz CT molecular complexity index is 853. The number of rotatable bonds is 4. The molecule has 0 aliphatic carbocycles. The molecule has 0 atom stereocenters. The van der Waals surface area contributed by atoms with Crippen molar-refractivity contribution >= 4 is 10.9 Å². The van der Waals surface area contributed by atoms with Gasteiger partial charge in [-0.2, -0.15) is 0 Å². The summed E-state index contributed by atoms with van der Waals surface area (Å²) in [5.74, 6) is -0.231. The molecular formula is C18H18FN2O+. The molecule has 0 aliphatic heterocycles. The van der Waals surface area contributed by atoms with Crippen LogP contribution in [0.2, 0.25) is 0 Å². The van der Waals surface area contributed by atoms with Gasteiger partial charge in [0.15, 0.2) is 0 Å². The first-order valence-corrected chi connectivity index (χ1v) is 7.30. The molecule has 4 heteroatoms. The fraction of sp³-hybridized carbons (Fsp3) is 0.167. The number of hydrogen-bond donors (Lipinski definition) is 2. The summed E-state index contributed by atoms with van der Waals surface area (Å²) in [4.78, 5) is 15.0. The smallest absolute Gasteiger partial charge is 0.257 e. The van der Waals surface area contributed by atoms with Gasteiger partial charge in [0.1, 0.15) is 18.9 Å². The number of H-pyrrole nitrogens is 1. The van der Waals surface area contributed by atoms with E-state index in [0.29, 0.717) is 13.1 Å². The lowest BCUT2D eigenvalue weighted by Gasteiger charge is -2.04. The van der Waals surface area contributed by atoms with Gasteiger partial charge in [-0.05, 0) is 42.6 Å². The van der Waals surface area contributed by atoms with E-state index in [1.807, 2.05) is 30.4 Å². The van der Waals surface area contributed by atoms with Crippen LogP contribution >= 0.6 is 0 Å². The molecular weight excluding hydrogens is 279 g/mol. The normalized spacial score (nSPS) is 11.0. The molecule has 3 aromatic rings. The molecule has 3 N–H and O–H groups in total. The van der Waals surface area contributed by atoms with E-state index in [2.05, 4.69) is 11.1 Å². The Labute approximate surface area is 127 Å². The van der Waals surface area contributed by atoms with E-state index < -0.39 is 0 Å². The molecule has 112 valence electrons. The summed E-state index contributed by atoms with van der Waals surface area (Å²) >= 11 is 0. The van der Waals surface area contributed by atoms with Crippen molar-refractivity contribution in [2.75, 3.05) is 0 Å². The van der Waals surface area contributed by atoms with Crippen molar-refractivity contribution in [2.45, 2.75) is 20.0 Å². The maximum Gasteiger partial charge on any atom is 0.257 e. The van der Waals surface area contributed by atoms with Crippen molar-refractivity contribution in [3.63, 3.8) is 0 Å². The Morgan fingerprint density at radius 1 is 1.05 bits per heavy atom. The number of nitrogens with one attached hydrogen (secondary N) is 1. The maximum atomic E-state index is 12.9. The van der Waals surface area contributed by atoms with Crippen molar-refractivity contribution in [1.29, 1.82) is 0 Å². The standard InChI is InChI=1S/C18H17FN2O/c1-12-2-7-17-14(8-12)9-15(18(22)21-17)11-20-10-13-3-5-16(19)6-4-13/h2-9,20H,10-11H2,1H3,(H,21,22)/p+1. The zero-order valence-electron chi connectivity index (χ0n) is 12.4. The SMILES string of the molecule is Cc1ccc2[nH]c(=O)c(C[NH2+]Cc3ccc(F)cc3)cc2c1. The van der Waals surface area contributed by atoms with Gasteiger partial charge in [-0.25, -0.2) is 4.39 Å². The number of hydrogen-bond acceptors (Lipinski definition) is 1. The second-order valence-electron chi connectivity index (χ2n) is 5.54. The van der Waals surface area contributed by atoms with Crippen molar-refractivity contribution < 1.29 is 9.71 Å². The molecule has 3 rings (SSSR count). The van der Waals surface area contributed by atoms with Crippen LogP contribution in [0.5, 0.6) is 0 Å². The summed E-state index contributed by atoms with van der Waals surface area (Å²) in [5, 5.41) is 3.09. The second-order valence-corrected chi connectivity index (χ2v) is 5.54. The second kappa shape index (κ2) is 6.12. The predicted molar refractivity (Wildman–Crippen MR) is 85.0 cm³/mol. The molecule has 0 saturated carbocycles. The number of nitrogens with two attached hydrogens (primary N) is 1. The van der Waals surface area contributed by atoms with Gasteiger partial charge in [0.2, 0.25) is 0 Å². The number of aryl methyl sites for hydroxylation is 1. The van der Waals surface area contributed by atoms with E-state index in [1.165, 1.54) is 17.7 Å². The summed E-state index contributed by atoms with van der Waals surface area (Å²) in [6.45, 7) is 3.34. The number of halogens is 1. The number of quaternary nitrogens is 1. The number of aromatic amines is 1. The maximum absolute atomic E-state index is 12.9. The summed E-state index contributed by atoms with van der Waals surface area (Å²) in [5.41, 5.74) is 3.76. The highest BCUT2D eigenvalue weighted by Gasteiger charge is 2.05. The highest BCUT2D eigenvalue weighted by atomic mass is 19.1. The van der Waals surface area contributed by atoms with Crippen LogP contribution in [0.1, 0.15) is 16.7 Å². The van der Waals surface area contributed by atoms with E-state index >= 15 is 0 Å². The largest absolute Gasteiger partial charge is 0.339 e. The van der Waals surface area contributed by atoms with E-state index in [0.717, 1.165) is 22.0 Å². The molecule has 1 heterocycles. The van der Waals surface area contributed by atoms with Crippen LogP contribution in [0.4, 0.5) is 4.39 Å². The third-order valence-electron chi connectivity index (χ3n) is 3.73. The number of pyridine rings is 1. The Morgan fingerprint density at radius 3 is 2.59 bits per heavy atom. The summed E-state index contributed by atoms with van der Waals surface area (Å²) < 4.78 is 12.9. The first kappa shape index (κ1) is 14.5. The highest BCUT2D eigenvalue weighted by molar-refractivity contribution is 5.79. The van der Waals surface area contributed by atoms with Crippen LogP contribution in [0.25, 0.3) is 10.9 Å². The fourth-order valence-corrected chi connectivity index (χ4v) is 2.54. The first-order chi connectivity index (χ1) is 10.6. The van der Waals surface area contributed by atoms with Crippen molar-refractivity contribution in [2.24, 2.45) is 0 Å². The molecule has 0 unspecified atom stereocenters. The van der Waals surface area contributed by atoms with Gasteiger partial charge in [0.05, 0.1) is 5.56 Å². The average molecular weight is 297 g/mol. The molecule has 22 heavy (non-hydrogen) atoms. The zero-order chi connectivity index (χ0) is 15.5. The van der Waals surface area contributed by atoms with Crippen LogP contribution < -0.4 is 10.9 Å². The lowest BCUT2D eigenvalue weighted by atomic mass is 10.1. The molecule has 2 aromatic carbocycles. The lowest BCUT2D eigenvalue weighted by Crippen LogP contribution is -2.81.